The van der Waals surface area contributed by atoms with Gasteiger partial charge in [-0.15, -0.1) is 0 Å². The molecule has 1 aromatic carbocycles. The van der Waals surface area contributed by atoms with Gasteiger partial charge in [0.15, 0.2) is 0 Å². The molecule has 0 spiro atoms. The number of hydrogen-bond acceptors (Lipinski definition) is 4. The third kappa shape index (κ3) is 5.04. The van der Waals surface area contributed by atoms with Crippen LogP contribution >= 0.6 is 0 Å². The van der Waals surface area contributed by atoms with E-state index in [4.69, 9.17) is 18.0 Å². The average molecular weight is 284 g/mol. The van der Waals surface area contributed by atoms with Gasteiger partial charge >= 0.3 is 8.80 Å². The Hall–Kier alpha value is -0.723. The Balaban J connectivity index is 2.81. The van der Waals surface area contributed by atoms with Crippen LogP contribution in [0.5, 0.6) is 0 Å². The Morgan fingerprint density at radius 1 is 0.789 bits per heavy atom. The molecule has 0 unspecified atom stereocenters. The molecule has 0 heterocycles. The summed E-state index contributed by atoms with van der Waals surface area (Å²) >= 11 is 0. The van der Waals surface area contributed by atoms with Gasteiger partial charge in [-0.1, -0.05) is 30.3 Å². The first-order valence-corrected chi connectivity index (χ1v) is 8.56. The zero-order chi connectivity index (χ0) is 14.0. The van der Waals surface area contributed by atoms with E-state index in [-0.39, 0.29) is 0 Å². The summed E-state index contributed by atoms with van der Waals surface area (Å²) in [6, 6.07) is 9.92. The first-order valence-electron chi connectivity index (χ1n) is 6.84. The Morgan fingerprint density at radius 2 is 1.42 bits per heavy atom. The van der Waals surface area contributed by atoms with E-state index in [1.54, 1.807) is 0 Å². The van der Waals surface area contributed by atoms with Crippen molar-refractivity contribution < 1.29 is 18.0 Å². The van der Waals surface area contributed by atoms with Gasteiger partial charge in [0.05, 0.1) is 13.2 Å². The second-order valence-corrected chi connectivity index (χ2v) is 6.39. The van der Waals surface area contributed by atoms with E-state index in [9.17, 15) is 0 Å². The number of benzene rings is 1. The van der Waals surface area contributed by atoms with Gasteiger partial charge in [0.1, 0.15) is 0 Å². The molecule has 1 aromatic rings. The molecular weight excluding hydrogens is 260 g/mol. The van der Waals surface area contributed by atoms with Crippen LogP contribution in [0, 0.1) is 0 Å². The lowest BCUT2D eigenvalue weighted by Crippen LogP contribution is -2.57. The molecule has 19 heavy (non-hydrogen) atoms. The molecule has 0 bridgehead atoms. The van der Waals surface area contributed by atoms with E-state index in [2.05, 4.69) is 0 Å². The van der Waals surface area contributed by atoms with Crippen molar-refractivity contribution in [3.8, 4) is 0 Å². The van der Waals surface area contributed by atoms with E-state index in [1.165, 1.54) is 0 Å². The molecule has 0 radical (unpaired) electrons. The Bertz CT molecular complexity index is 325. The van der Waals surface area contributed by atoms with Crippen LogP contribution in [-0.4, -0.2) is 41.8 Å². The van der Waals surface area contributed by atoms with Crippen molar-refractivity contribution in [3.63, 3.8) is 0 Å². The van der Waals surface area contributed by atoms with E-state index < -0.39 is 8.80 Å². The van der Waals surface area contributed by atoms with Crippen molar-refractivity contribution >= 4 is 14.0 Å². The van der Waals surface area contributed by atoms with Crippen LogP contribution in [0.15, 0.2) is 30.3 Å². The van der Waals surface area contributed by atoms with Crippen molar-refractivity contribution in [3.05, 3.63) is 30.3 Å². The Kier molecular flexibility index (Phi) is 7.93. The molecule has 1 rings (SSSR count). The summed E-state index contributed by atoms with van der Waals surface area (Å²) in [6.45, 7) is 8.73. The molecule has 0 aliphatic rings. The minimum atomic E-state index is -2.80. The van der Waals surface area contributed by atoms with Crippen LogP contribution in [0.25, 0.3) is 0 Å². The van der Waals surface area contributed by atoms with Crippen LogP contribution in [0.4, 0.5) is 0 Å². The van der Waals surface area contributed by atoms with E-state index in [0.29, 0.717) is 33.0 Å². The van der Waals surface area contributed by atoms with Gasteiger partial charge < -0.3 is 18.0 Å². The maximum atomic E-state index is 5.97. The largest absolute Gasteiger partial charge is 0.537 e. The highest BCUT2D eigenvalue weighted by Gasteiger charge is 2.43. The summed E-state index contributed by atoms with van der Waals surface area (Å²) in [6.07, 6.45) is 0. The smallest absolute Gasteiger partial charge is 0.379 e. The highest BCUT2D eigenvalue weighted by Crippen LogP contribution is 2.10. The molecule has 0 saturated heterocycles. The summed E-state index contributed by atoms with van der Waals surface area (Å²) in [5, 5.41) is 0.996. The summed E-state index contributed by atoms with van der Waals surface area (Å²) in [4.78, 5) is 0. The minimum Gasteiger partial charge on any atom is -0.379 e. The zero-order valence-corrected chi connectivity index (χ0v) is 13.1. The molecule has 0 saturated carbocycles. The first-order chi connectivity index (χ1) is 9.29. The molecule has 0 aliphatic carbocycles. The van der Waals surface area contributed by atoms with Gasteiger partial charge in [-0.2, -0.15) is 0 Å². The van der Waals surface area contributed by atoms with Crippen molar-refractivity contribution in [2.45, 2.75) is 20.8 Å². The maximum Gasteiger partial charge on any atom is 0.537 e. The van der Waals surface area contributed by atoms with Crippen molar-refractivity contribution in [1.29, 1.82) is 0 Å². The van der Waals surface area contributed by atoms with Gasteiger partial charge in [-0.3, -0.25) is 0 Å². The van der Waals surface area contributed by atoms with Crippen LogP contribution in [0.3, 0.4) is 0 Å². The lowest BCUT2D eigenvalue weighted by Gasteiger charge is -2.29. The molecular formula is C14H24O4Si. The molecule has 5 heteroatoms. The van der Waals surface area contributed by atoms with Gasteiger partial charge in [0, 0.05) is 25.0 Å². The standard InChI is InChI=1S/C14H24O4Si/c1-4-15-12-13-18-19(16-5-2,17-6-3)14-10-8-7-9-11-14/h7-11H,4-6,12-13H2,1-3H3. The third-order valence-corrected chi connectivity index (χ3v) is 5.48. The molecule has 108 valence electrons. The zero-order valence-electron chi connectivity index (χ0n) is 12.1. The predicted octanol–water partition coefficient (Wildman–Crippen LogP) is 1.96. The van der Waals surface area contributed by atoms with Crippen LogP contribution in [-0.2, 0) is 18.0 Å². The van der Waals surface area contributed by atoms with Crippen molar-refractivity contribution in [2.75, 3.05) is 33.0 Å². The van der Waals surface area contributed by atoms with E-state index in [1.807, 2.05) is 51.1 Å². The fourth-order valence-corrected chi connectivity index (χ4v) is 4.24. The molecule has 0 fully saturated rings. The van der Waals surface area contributed by atoms with Gasteiger partial charge in [-0.05, 0) is 20.8 Å². The Labute approximate surface area is 117 Å². The summed E-state index contributed by atoms with van der Waals surface area (Å²) in [5.41, 5.74) is 0. The number of hydrogen-bond donors (Lipinski definition) is 0. The third-order valence-electron chi connectivity index (χ3n) is 2.52. The van der Waals surface area contributed by atoms with Crippen LogP contribution < -0.4 is 5.19 Å². The topological polar surface area (TPSA) is 36.9 Å². The van der Waals surface area contributed by atoms with Crippen LogP contribution in [0.2, 0.25) is 0 Å². The monoisotopic (exact) mass is 284 g/mol. The Morgan fingerprint density at radius 3 is 1.95 bits per heavy atom. The van der Waals surface area contributed by atoms with Gasteiger partial charge in [0.2, 0.25) is 0 Å². The van der Waals surface area contributed by atoms with Crippen LogP contribution in [0.1, 0.15) is 20.8 Å². The summed E-state index contributed by atoms with van der Waals surface area (Å²) in [5.74, 6) is 0. The second kappa shape index (κ2) is 9.22. The highest BCUT2D eigenvalue weighted by atomic mass is 28.4. The van der Waals surface area contributed by atoms with Crippen molar-refractivity contribution in [1.82, 2.24) is 0 Å². The van der Waals surface area contributed by atoms with E-state index in [0.717, 1.165) is 5.19 Å². The normalized spacial score (nSPS) is 11.7. The SMILES string of the molecule is CCOCCO[Si](OCC)(OCC)c1ccccc1. The molecule has 0 N–H and O–H groups in total. The lowest BCUT2D eigenvalue weighted by molar-refractivity contribution is 0.0463. The highest BCUT2D eigenvalue weighted by molar-refractivity contribution is 6.75. The van der Waals surface area contributed by atoms with Gasteiger partial charge in [0.25, 0.3) is 0 Å². The van der Waals surface area contributed by atoms with Crippen molar-refractivity contribution in [2.24, 2.45) is 0 Å². The fourth-order valence-electron chi connectivity index (χ4n) is 1.78. The summed E-state index contributed by atoms with van der Waals surface area (Å²) in [7, 11) is -2.80. The van der Waals surface area contributed by atoms with Gasteiger partial charge in [-0.25, -0.2) is 0 Å². The lowest BCUT2D eigenvalue weighted by atomic mass is 10.4. The molecule has 0 aliphatic heterocycles. The maximum absolute atomic E-state index is 5.97. The molecule has 0 amide bonds. The molecule has 0 aromatic heterocycles. The number of ether oxygens (including phenoxy) is 1. The number of rotatable bonds is 10. The fraction of sp³-hybridized carbons (Fsp3) is 0.571. The minimum absolute atomic E-state index is 0.481. The molecule has 4 nitrogen and oxygen atoms in total. The summed E-state index contributed by atoms with van der Waals surface area (Å²) < 4.78 is 23.0. The average Bonchev–Trinajstić information content (AvgIpc) is 2.45. The second-order valence-electron chi connectivity index (χ2n) is 3.83. The van der Waals surface area contributed by atoms with E-state index >= 15 is 0 Å². The first kappa shape index (κ1) is 16.3. The quantitative estimate of drug-likeness (QED) is 0.486. The molecule has 0 atom stereocenters. The predicted molar refractivity (Wildman–Crippen MR) is 77.5 cm³/mol.